The van der Waals surface area contributed by atoms with Gasteiger partial charge in [-0.15, -0.1) is 12.4 Å². The Balaban J connectivity index is 0.00000324. The zero-order chi connectivity index (χ0) is 13.8. The summed E-state index contributed by atoms with van der Waals surface area (Å²) in [5.74, 6) is -0.103. The highest BCUT2D eigenvalue weighted by Gasteiger charge is 2.24. The molecule has 5 nitrogen and oxygen atoms in total. The van der Waals surface area contributed by atoms with Gasteiger partial charge in [-0.2, -0.15) is 0 Å². The van der Waals surface area contributed by atoms with Crippen molar-refractivity contribution in [2.75, 3.05) is 26.7 Å². The van der Waals surface area contributed by atoms with Gasteiger partial charge in [-0.05, 0) is 25.9 Å². The number of piperidine rings is 1. The number of halogens is 1. The number of hydrogen-bond donors (Lipinski definition) is 2. The van der Waals surface area contributed by atoms with Crippen molar-refractivity contribution in [3.8, 4) is 0 Å². The largest absolute Gasteiger partial charge is 0.347 e. The summed E-state index contributed by atoms with van der Waals surface area (Å²) in [6.45, 7) is 7.51. The van der Waals surface area contributed by atoms with Gasteiger partial charge in [0.2, 0.25) is 11.8 Å². The molecule has 0 aromatic rings. The van der Waals surface area contributed by atoms with Crippen LogP contribution in [0.4, 0.5) is 0 Å². The molecule has 19 heavy (non-hydrogen) atoms. The van der Waals surface area contributed by atoms with Crippen LogP contribution in [0.5, 0.6) is 0 Å². The van der Waals surface area contributed by atoms with Crippen molar-refractivity contribution in [1.82, 2.24) is 15.5 Å². The van der Waals surface area contributed by atoms with E-state index in [0.29, 0.717) is 6.04 Å². The first-order valence-electron chi connectivity index (χ1n) is 6.57. The molecule has 0 aromatic heterocycles. The summed E-state index contributed by atoms with van der Waals surface area (Å²) in [5.41, 5.74) is -0.451. The SMILES string of the molecule is CN(C(=O)CNC(=O)C(C)(C)C)C1CCNCC1.Cl. The second kappa shape index (κ2) is 7.70. The average molecular weight is 292 g/mol. The number of likely N-dealkylation sites (N-methyl/N-ethyl adjacent to an activating group) is 1. The molecule has 0 saturated carbocycles. The lowest BCUT2D eigenvalue weighted by atomic mass is 9.96. The topological polar surface area (TPSA) is 61.4 Å². The Morgan fingerprint density at radius 2 is 1.79 bits per heavy atom. The number of carbonyl (C=O) groups excluding carboxylic acids is 2. The van der Waals surface area contributed by atoms with Crippen LogP contribution >= 0.6 is 12.4 Å². The molecule has 1 rings (SSSR count). The summed E-state index contributed by atoms with van der Waals surface area (Å²) in [7, 11) is 1.82. The number of hydrogen-bond acceptors (Lipinski definition) is 3. The molecule has 2 amide bonds. The fourth-order valence-electron chi connectivity index (χ4n) is 1.94. The summed E-state index contributed by atoms with van der Waals surface area (Å²) in [4.78, 5) is 25.4. The molecular weight excluding hydrogens is 266 g/mol. The van der Waals surface area contributed by atoms with Crippen molar-refractivity contribution in [2.45, 2.75) is 39.7 Å². The third kappa shape index (κ3) is 5.78. The standard InChI is InChI=1S/C13H25N3O2.ClH/c1-13(2,3)12(18)15-9-11(17)16(4)10-5-7-14-8-6-10;/h10,14H,5-9H2,1-4H3,(H,15,18);1H. The van der Waals surface area contributed by atoms with E-state index in [2.05, 4.69) is 10.6 Å². The van der Waals surface area contributed by atoms with E-state index in [1.165, 1.54) is 0 Å². The van der Waals surface area contributed by atoms with Gasteiger partial charge in [0, 0.05) is 18.5 Å². The molecule has 1 saturated heterocycles. The van der Waals surface area contributed by atoms with Crippen LogP contribution in [0.3, 0.4) is 0 Å². The number of rotatable bonds is 3. The van der Waals surface area contributed by atoms with Crippen LogP contribution in [0.2, 0.25) is 0 Å². The lowest BCUT2D eigenvalue weighted by Crippen LogP contribution is -2.48. The third-order valence-corrected chi connectivity index (χ3v) is 3.33. The van der Waals surface area contributed by atoms with Crippen LogP contribution < -0.4 is 10.6 Å². The Morgan fingerprint density at radius 1 is 1.26 bits per heavy atom. The highest BCUT2D eigenvalue weighted by Crippen LogP contribution is 2.13. The van der Waals surface area contributed by atoms with Crippen molar-refractivity contribution < 1.29 is 9.59 Å². The molecule has 0 atom stereocenters. The van der Waals surface area contributed by atoms with E-state index in [-0.39, 0.29) is 30.8 Å². The van der Waals surface area contributed by atoms with Gasteiger partial charge < -0.3 is 15.5 Å². The molecule has 1 aliphatic heterocycles. The Hall–Kier alpha value is -0.810. The molecule has 1 aliphatic rings. The van der Waals surface area contributed by atoms with Crippen LogP contribution in [0, 0.1) is 5.41 Å². The highest BCUT2D eigenvalue weighted by atomic mass is 35.5. The number of carbonyl (C=O) groups is 2. The zero-order valence-corrected chi connectivity index (χ0v) is 13.1. The number of nitrogens with zero attached hydrogens (tertiary/aromatic N) is 1. The molecule has 2 N–H and O–H groups in total. The Bertz CT molecular complexity index is 310. The van der Waals surface area contributed by atoms with Crippen LogP contribution in [-0.4, -0.2) is 49.4 Å². The minimum absolute atomic E-state index is 0. The van der Waals surface area contributed by atoms with Gasteiger partial charge >= 0.3 is 0 Å². The lowest BCUT2D eigenvalue weighted by molar-refractivity contribution is -0.136. The van der Waals surface area contributed by atoms with Crippen molar-refractivity contribution in [3.05, 3.63) is 0 Å². The molecule has 0 radical (unpaired) electrons. The minimum Gasteiger partial charge on any atom is -0.347 e. The summed E-state index contributed by atoms with van der Waals surface area (Å²) >= 11 is 0. The van der Waals surface area contributed by atoms with Gasteiger partial charge in [-0.3, -0.25) is 9.59 Å². The molecule has 0 unspecified atom stereocenters. The van der Waals surface area contributed by atoms with Gasteiger partial charge in [-0.25, -0.2) is 0 Å². The summed E-state index contributed by atoms with van der Waals surface area (Å²) in [6, 6.07) is 0.297. The van der Waals surface area contributed by atoms with Gasteiger partial charge in [0.15, 0.2) is 0 Å². The molecule has 6 heteroatoms. The first-order chi connectivity index (χ1) is 8.32. The van der Waals surface area contributed by atoms with Gasteiger partial charge in [0.05, 0.1) is 6.54 Å². The molecular formula is C13H26ClN3O2. The van der Waals surface area contributed by atoms with E-state index in [1.807, 2.05) is 27.8 Å². The molecule has 1 heterocycles. The van der Waals surface area contributed by atoms with E-state index >= 15 is 0 Å². The minimum atomic E-state index is -0.451. The first kappa shape index (κ1) is 18.2. The van der Waals surface area contributed by atoms with Crippen molar-refractivity contribution in [1.29, 1.82) is 0 Å². The maximum atomic E-state index is 12.0. The third-order valence-electron chi connectivity index (χ3n) is 3.33. The zero-order valence-electron chi connectivity index (χ0n) is 12.3. The Labute approximate surface area is 121 Å². The maximum absolute atomic E-state index is 12.0. The summed E-state index contributed by atoms with van der Waals surface area (Å²) in [5, 5.41) is 5.97. The predicted molar refractivity (Wildman–Crippen MR) is 78.4 cm³/mol. The molecule has 0 bridgehead atoms. The Morgan fingerprint density at radius 3 is 2.26 bits per heavy atom. The Kier molecular flexibility index (Phi) is 7.37. The van der Waals surface area contributed by atoms with Crippen molar-refractivity contribution >= 4 is 24.2 Å². The molecule has 0 aliphatic carbocycles. The molecule has 112 valence electrons. The normalized spacial score (nSPS) is 16.4. The second-order valence-corrected chi connectivity index (χ2v) is 5.92. The fourth-order valence-corrected chi connectivity index (χ4v) is 1.94. The van der Waals surface area contributed by atoms with Crippen LogP contribution in [-0.2, 0) is 9.59 Å². The fraction of sp³-hybridized carbons (Fsp3) is 0.846. The van der Waals surface area contributed by atoms with Crippen molar-refractivity contribution in [3.63, 3.8) is 0 Å². The second-order valence-electron chi connectivity index (χ2n) is 5.92. The van der Waals surface area contributed by atoms with E-state index < -0.39 is 5.41 Å². The van der Waals surface area contributed by atoms with Gasteiger partial charge in [-0.1, -0.05) is 20.8 Å². The number of nitrogens with one attached hydrogen (secondary N) is 2. The quantitative estimate of drug-likeness (QED) is 0.808. The van der Waals surface area contributed by atoms with Gasteiger partial charge in [0.1, 0.15) is 0 Å². The predicted octanol–water partition coefficient (Wildman–Crippen LogP) is 0.781. The van der Waals surface area contributed by atoms with E-state index in [1.54, 1.807) is 4.90 Å². The first-order valence-corrected chi connectivity index (χ1v) is 6.57. The summed E-state index contributed by atoms with van der Waals surface area (Å²) < 4.78 is 0. The molecule has 0 aromatic carbocycles. The van der Waals surface area contributed by atoms with Crippen LogP contribution in [0.1, 0.15) is 33.6 Å². The maximum Gasteiger partial charge on any atom is 0.241 e. The molecule has 0 spiro atoms. The summed E-state index contributed by atoms with van der Waals surface area (Å²) in [6.07, 6.45) is 1.96. The van der Waals surface area contributed by atoms with E-state index in [0.717, 1.165) is 25.9 Å². The van der Waals surface area contributed by atoms with Crippen LogP contribution in [0.15, 0.2) is 0 Å². The van der Waals surface area contributed by atoms with Crippen LogP contribution in [0.25, 0.3) is 0 Å². The van der Waals surface area contributed by atoms with E-state index in [4.69, 9.17) is 0 Å². The number of amides is 2. The van der Waals surface area contributed by atoms with Gasteiger partial charge in [0.25, 0.3) is 0 Å². The van der Waals surface area contributed by atoms with E-state index in [9.17, 15) is 9.59 Å². The monoisotopic (exact) mass is 291 g/mol. The average Bonchev–Trinajstić information content (AvgIpc) is 2.34. The lowest BCUT2D eigenvalue weighted by Gasteiger charge is -2.32. The smallest absolute Gasteiger partial charge is 0.241 e. The molecule has 1 fully saturated rings. The van der Waals surface area contributed by atoms with Crippen molar-refractivity contribution in [2.24, 2.45) is 5.41 Å². The highest BCUT2D eigenvalue weighted by molar-refractivity contribution is 5.87.